The highest BCUT2D eigenvalue weighted by Gasteiger charge is 2.43. The third-order valence-corrected chi connectivity index (χ3v) is 17.9. The van der Waals surface area contributed by atoms with Crippen LogP contribution in [0.1, 0.15) is 0 Å². The highest BCUT2D eigenvalue weighted by molar-refractivity contribution is 7.20. The highest BCUT2D eigenvalue weighted by Crippen LogP contribution is 2.41. The molecule has 0 saturated carbocycles. The maximum atomic E-state index is 2.54. The van der Waals surface area contributed by atoms with Gasteiger partial charge < -0.3 is 9.13 Å². The van der Waals surface area contributed by atoms with E-state index in [1.165, 1.54) is 92.3 Å². The summed E-state index contributed by atoms with van der Waals surface area (Å²) < 4.78 is 5.00. The van der Waals surface area contributed by atoms with Gasteiger partial charge in [0.2, 0.25) is 0 Å². The lowest BCUT2D eigenvalue weighted by Gasteiger charge is -2.35. The Bertz CT molecular complexity index is 3510. The summed E-state index contributed by atoms with van der Waals surface area (Å²) in [6.45, 7) is 0. The molecule has 0 bridgehead atoms. The minimum absolute atomic E-state index is 1.13. The fraction of sp³-hybridized carbons (Fsp3) is 0. The Morgan fingerprint density at radius 3 is 1.33 bits per heavy atom. The lowest BCUT2D eigenvalue weighted by atomic mass is 9.94. The second-order valence-corrected chi connectivity index (χ2v) is 20.2. The number of rotatable bonds is 8. The van der Waals surface area contributed by atoms with Crippen molar-refractivity contribution >= 4 is 72.4 Å². The molecule has 2 aromatic heterocycles. The summed E-state index contributed by atoms with van der Waals surface area (Å²) in [6.07, 6.45) is 0. The second-order valence-electron chi connectivity index (χ2n) is 16.4. The predicted molar refractivity (Wildman–Crippen MR) is 270 cm³/mol. The van der Waals surface area contributed by atoms with E-state index in [1.54, 1.807) is 0 Å². The molecule has 0 spiro atoms. The summed E-state index contributed by atoms with van der Waals surface area (Å²) in [4.78, 5) is 0. The van der Waals surface area contributed by atoms with Crippen molar-refractivity contribution in [2.45, 2.75) is 0 Å². The first-order chi connectivity index (χ1) is 31.3. The standard InChI is InChI=1S/C60H42N2Si/c1-5-22-43(23-6-1)49-32-13-14-33-50(49)44-24-19-25-45(42-44)61-53-36-17-15-34-51(53)59-55(61)38-20-39-56(59)62-54-37-18-16-35-52(54)60-57(62)40-21-41-58(60)63(46-26-7-2-8-27-46,47-28-9-3-10-29-47)48-30-11-4-12-31-48/h1-42H. The Balaban J connectivity index is 1.14. The smallest absolute Gasteiger partial charge is 0.180 e. The van der Waals surface area contributed by atoms with Crippen LogP contribution in [-0.2, 0) is 0 Å². The molecule has 296 valence electrons. The summed E-state index contributed by atoms with van der Waals surface area (Å²) in [5.41, 5.74) is 11.9. The number of fused-ring (bicyclic) bond motifs is 6. The molecule has 0 radical (unpaired) electrons. The summed E-state index contributed by atoms with van der Waals surface area (Å²) >= 11 is 0. The highest BCUT2D eigenvalue weighted by atomic mass is 28.3. The number of hydrogen-bond donors (Lipinski definition) is 0. The van der Waals surface area contributed by atoms with Gasteiger partial charge in [-0.3, -0.25) is 0 Å². The third-order valence-electron chi connectivity index (χ3n) is 13.1. The SMILES string of the molecule is c1ccc(-c2ccccc2-c2cccc(-n3c4ccccc4c4c(-n5c6ccccc6c6c([Si](c7ccccc7)(c7ccccc7)c7ccccc7)cccc65)cccc43)c2)cc1. The predicted octanol–water partition coefficient (Wildman–Crippen LogP) is 12.6. The summed E-state index contributed by atoms with van der Waals surface area (Å²) in [5.74, 6) is 0. The van der Waals surface area contributed by atoms with Crippen molar-refractivity contribution in [3.63, 3.8) is 0 Å². The van der Waals surface area contributed by atoms with Crippen LogP contribution in [0.3, 0.4) is 0 Å². The first-order valence-corrected chi connectivity index (χ1v) is 23.8. The molecule has 0 aliphatic heterocycles. The van der Waals surface area contributed by atoms with Gasteiger partial charge in [-0.2, -0.15) is 0 Å². The van der Waals surface area contributed by atoms with Crippen molar-refractivity contribution in [1.29, 1.82) is 0 Å². The zero-order valence-electron chi connectivity index (χ0n) is 34.6. The summed E-state index contributed by atoms with van der Waals surface area (Å²) in [5, 5.41) is 10.5. The van der Waals surface area contributed by atoms with Gasteiger partial charge in [-0.1, -0.05) is 212 Å². The van der Waals surface area contributed by atoms with Crippen LogP contribution in [0.2, 0.25) is 0 Å². The number of aromatic nitrogens is 2. The summed E-state index contributed by atoms with van der Waals surface area (Å²) in [6, 6.07) is 94.2. The zero-order valence-corrected chi connectivity index (χ0v) is 35.6. The van der Waals surface area contributed by atoms with E-state index < -0.39 is 8.07 Å². The molecular formula is C60H42N2Si. The molecule has 10 aromatic carbocycles. The zero-order chi connectivity index (χ0) is 41.7. The van der Waals surface area contributed by atoms with Gasteiger partial charge in [0.05, 0.1) is 27.8 Å². The monoisotopic (exact) mass is 818 g/mol. The molecule has 0 amide bonds. The lowest BCUT2D eigenvalue weighted by molar-refractivity contribution is 1.17. The van der Waals surface area contributed by atoms with Gasteiger partial charge >= 0.3 is 0 Å². The fourth-order valence-electron chi connectivity index (χ4n) is 10.5. The van der Waals surface area contributed by atoms with Crippen molar-refractivity contribution in [2.24, 2.45) is 0 Å². The molecule has 3 heteroatoms. The van der Waals surface area contributed by atoms with E-state index in [9.17, 15) is 0 Å². The van der Waals surface area contributed by atoms with Gasteiger partial charge in [0.1, 0.15) is 0 Å². The third kappa shape index (κ3) is 5.78. The quantitative estimate of drug-likeness (QED) is 0.107. The number of para-hydroxylation sites is 2. The van der Waals surface area contributed by atoms with Gasteiger partial charge in [0, 0.05) is 27.2 Å². The molecule has 0 unspecified atom stereocenters. The molecule has 2 heterocycles. The van der Waals surface area contributed by atoms with Crippen LogP contribution in [-0.4, -0.2) is 17.2 Å². The van der Waals surface area contributed by atoms with E-state index in [0.717, 1.165) is 5.69 Å². The van der Waals surface area contributed by atoms with Crippen LogP contribution in [0.4, 0.5) is 0 Å². The molecule has 12 aromatic rings. The Labute approximate surface area is 368 Å². The average molecular weight is 819 g/mol. The molecule has 0 saturated heterocycles. The van der Waals surface area contributed by atoms with Gasteiger partial charge in [0.25, 0.3) is 0 Å². The Hall–Kier alpha value is -7.98. The minimum Gasteiger partial charge on any atom is -0.309 e. The molecule has 12 rings (SSSR count). The summed E-state index contributed by atoms with van der Waals surface area (Å²) in [7, 11) is -2.88. The molecule has 0 fully saturated rings. The maximum absolute atomic E-state index is 2.88. The lowest BCUT2D eigenvalue weighted by Crippen LogP contribution is -2.74. The molecule has 0 atom stereocenters. The molecular weight excluding hydrogens is 777 g/mol. The molecule has 63 heavy (non-hydrogen) atoms. The van der Waals surface area contributed by atoms with Crippen LogP contribution in [0.5, 0.6) is 0 Å². The Morgan fingerprint density at radius 1 is 0.286 bits per heavy atom. The molecule has 2 nitrogen and oxygen atoms in total. The largest absolute Gasteiger partial charge is 0.309 e. The van der Waals surface area contributed by atoms with Crippen molar-refractivity contribution in [3.05, 3.63) is 255 Å². The minimum atomic E-state index is -2.88. The number of hydrogen-bond acceptors (Lipinski definition) is 0. The van der Waals surface area contributed by atoms with E-state index in [2.05, 4.69) is 264 Å². The van der Waals surface area contributed by atoms with Crippen molar-refractivity contribution in [1.82, 2.24) is 9.13 Å². The van der Waals surface area contributed by atoms with Crippen LogP contribution >= 0.6 is 0 Å². The van der Waals surface area contributed by atoms with Gasteiger partial charge in [-0.05, 0) is 85.5 Å². The first-order valence-electron chi connectivity index (χ1n) is 21.8. The van der Waals surface area contributed by atoms with Crippen LogP contribution < -0.4 is 20.7 Å². The van der Waals surface area contributed by atoms with Crippen LogP contribution in [0, 0.1) is 0 Å². The second kappa shape index (κ2) is 15.2. The fourth-order valence-corrected chi connectivity index (χ4v) is 15.5. The molecule has 0 aliphatic carbocycles. The van der Waals surface area contributed by atoms with E-state index in [-0.39, 0.29) is 0 Å². The maximum Gasteiger partial charge on any atom is 0.180 e. The van der Waals surface area contributed by atoms with Gasteiger partial charge in [-0.15, -0.1) is 0 Å². The van der Waals surface area contributed by atoms with Gasteiger partial charge in [-0.25, -0.2) is 0 Å². The van der Waals surface area contributed by atoms with E-state index in [1.807, 2.05) is 0 Å². The van der Waals surface area contributed by atoms with E-state index in [4.69, 9.17) is 0 Å². The number of nitrogens with zero attached hydrogens (tertiary/aromatic N) is 2. The van der Waals surface area contributed by atoms with Crippen molar-refractivity contribution in [2.75, 3.05) is 0 Å². The number of benzene rings is 10. The molecule has 0 aliphatic rings. The van der Waals surface area contributed by atoms with E-state index in [0.29, 0.717) is 0 Å². The van der Waals surface area contributed by atoms with Crippen LogP contribution in [0.15, 0.2) is 255 Å². The average Bonchev–Trinajstić information content (AvgIpc) is 3.89. The van der Waals surface area contributed by atoms with E-state index >= 15 is 0 Å². The first kappa shape index (κ1) is 36.8. The Morgan fingerprint density at radius 2 is 0.714 bits per heavy atom. The van der Waals surface area contributed by atoms with Gasteiger partial charge in [0.15, 0.2) is 8.07 Å². The Kier molecular flexibility index (Phi) is 8.87. The normalized spacial score (nSPS) is 11.8. The van der Waals surface area contributed by atoms with Crippen molar-refractivity contribution < 1.29 is 0 Å². The van der Waals surface area contributed by atoms with Crippen molar-refractivity contribution in [3.8, 4) is 33.6 Å². The van der Waals surface area contributed by atoms with Crippen LogP contribution in [0.25, 0.3) is 77.2 Å². The topological polar surface area (TPSA) is 9.86 Å². The molecule has 0 N–H and O–H groups in total.